The number of aromatic nitrogens is 2. The van der Waals surface area contributed by atoms with E-state index < -0.39 is 0 Å². The summed E-state index contributed by atoms with van der Waals surface area (Å²) in [7, 11) is 1.59. The number of ether oxygens (including phenoxy) is 1. The van der Waals surface area contributed by atoms with Gasteiger partial charge in [-0.25, -0.2) is 14.8 Å². The van der Waals surface area contributed by atoms with Crippen molar-refractivity contribution in [3.8, 4) is 0 Å². The molecule has 0 saturated carbocycles. The smallest absolute Gasteiger partial charge is 0.323 e. The zero-order valence-corrected chi connectivity index (χ0v) is 11.6. The minimum Gasteiger partial charge on any atom is -0.378 e. The summed E-state index contributed by atoms with van der Waals surface area (Å²) in [6.07, 6.45) is 1.40. The lowest BCUT2D eigenvalue weighted by molar-refractivity contribution is 0.181. The maximum Gasteiger partial charge on any atom is 0.323 e. The molecule has 0 aliphatic heterocycles. The maximum atomic E-state index is 12.0. The second-order valence-corrected chi connectivity index (χ2v) is 4.23. The molecule has 0 bridgehead atoms. The van der Waals surface area contributed by atoms with Crippen LogP contribution in [0.4, 0.5) is 10.6 Å². The van der Waals surface area contributed by atoms with E-state index in [0.29, 0.717) is 25.5 Å². The van der Waals surface area contributed by atoms with E-state index in [1.165, 1.54) is 6.33 Å². The minimum absolute atomic E-state index is 0.201. The summed E-state index contributed by atoms with van der Waals surface area (Å²) in [5.74, 6) is 0.465. The van der Waals surface area contributed by atoms with Crippen molar-refractivity contribution in [2.45, 2.75) is 20.5 Å². The molecule has 1 aromatic heterocycles. The van der Waals surface area contributed by atoms with Crippen molar-refractivity contribution < 1.29 is 9.53 Å². The standard InChI is InChI=1S/C13H20N4O2/c1-5-17(7-10(2)3)13(18)16-12-6-11(8-19-4)14-9-15-12/h6,9H,2,5,7-8H2,1,3-4H3,(H,14,15,16,18). The Morgan fingerprint density at radius 1 is 1.53 bits per heavy atom. The van der Waals surface area contributed by atoms with Crippen LogP contribution in [0.15, 0.2) is 24.5 Å². The zero-order chi connectivity index (χ0) is 14.3. The van der Waals surface area contributed by atoms with E-state index in [1.54, 1.807) is 18.1 Å². The number of carbonyl (C=O) groups excluding carboxylic acids is 1. The molecular weight excluding hydrogens is 244 g/mol. The van der Waals surface area contributed by atoms with Gasteiger partial charge in [0.05, 0.1) is 12.3 Å². The van der Waals surface area contributed by atoms with E-state index in [9.17, 15) is 4.79 Å². The molecule has 19 heavy (non-hydrogen) atoms. The van der Waals surface area contributed by atoms with Gasteiger partial charge in [-0.2, -0.15) is 0 Å². The largest absolute Gasteiger partial charge is 0.378 e. The van der Waals surface area contributed by atoms with Crippen LogP contribution in [0.5, 0.6) is 0 Å². The number of nitrogens with one attached hydrogen (secondary N) is 1. The normalized spacial score (nSPS) is 10.1. The van der Waals surface area contributed by atoms with E-state index in [1.807, 2.05) is 13.8 Å². The van der Waals surface area contributed by atoms with Crippen LogP contribution in [0.2, 0.25) is 0 Å². The Hall–Kier alpha value is -1.95. The highest BCUT2D eigenvalue weighted by Gasteiger charge is 2.12. The molecule has 0 unspecified atom stereocenters. The summed E-state index contributed by atoms with van der Waals surface area (Å²) >= 11 is 0. The van der Waals surface area contributed by atoms with Crippen LogP contribution in [0.25, 0.3) is 0 Å². The molecule has 0 fully saturated rings. The Balaban J connectivity index is 2.69. The highest BCUT2D eigenvalue weighted by Crippen LogP contribution is 2.07. The Morgan fingerprint density at radius 2 is 2.26 bits per heavy atom. The van der Waals surface area contributed by atoms with Crippen LogP contribution in [0.3, 0.4) is 0 Å². The third kappa shape index (κ3) is 5.05. The highest BCUT2D eigenvalue weighted by molar-refractivity contribution is 5.88. The lowest BCUT2D eigenvalue weighted by Gasteiger charge is -2.21. The van der Waals surface area contributed by atoms with Gasteiger partial charge in [-0.15, -0.1) is 0 Å². The number of hydrogen-bond acceptors (Lipinski definition) is 4. The molecule has 0 saturated heterocycles. The monoisotopic (exact) mass is 264 g/mol. The van der Waals surface area contributed by atoms with Gasteiger partial charge in [0.15, 0.2) is 0 Å². The molecule has 1 rings (SSSR count). The summed E-state index contributed by atoms with van der Waals surface area (Å²) in [6.45, 7) is 9.12. The SMILES string of the molecule is C=C(C)CN(CC)C(=O)Nc1cc(COC)ncn1. The number of hydrogen-bond donors (Lipinski definition) is 1. The Morgan fingerprint density at radius 3 is 2.84 bits per heavy atom. The fourth-order valence-electron chi connectivity index (χ4n) is 1.53. The number of amides is 2. The molecule has 6 nitrogen and oxygen atoms in total. The Kier molecular flexibility index (Phi) is 5.95. The number of urea groups is 1. The molecule has 1 heterocycles. The maximum absolute atomic E-state index is 12.0. The second-order valence-electron chi connectivity index (χ2n) is 4.23. The first-order chi connectivity index (χ1) is 9.06. The van der Waals surface area contributed by atoms with Gasteiger partial charge in [-0.3, -0.25) is 5.32 Å². The molecular formula is C13H20N4O2. The molecule has 0 aromatic carbocycles. The predicted molar refractivity (Wildman–Crippen MR) is 73.8 cm³/mol. The third-order valence-corrected chi connectivity index (χ3v) is 2.38. The first kappa shape index (κ1) is 15.1. The molecule has 104 valence electrons. The van der Waals surface area contributed by atoms with Gasteiger partial charge in [0.2, 0.25) is 0 Å². The molecule has 0 spiro atoms. The fraction of sp³-hybridized carbons (Fsp3) is 0.462. The molecule has 0 aliphatic rings. The average molecular weight is 264 g/mol. The minimum atomic E-state index is -0.201. The lowest BCUT2D eigenvalue weighted by atomic mass is 10.3. The van der Waals surface area contributed by atoms with Crippen LogP contribution >= 0.6 is 0 Å². The topological polar surface area (TPSA) is 67.4 Å². The second kappa shape index (κ2) is 7.48. The van der Waals surface area contributed by atoms with Crippen molar-refractivity contribution >= 4 is 11.8 Å². The molecule has 6 heteroatoms. The summed E-state index contributed by atoms with van der Waals surface area (Å²) in [5.41, 5.74) is 1.65. The number of methoxy groups -OCH3 is 1. The average Bonchev–Trinajstić information content (AvgIpc) is 2.36. The van der Waals surface area contributed by atoms with Gasteiger partial charge in [0.25, 0.3) is 0 Å². The first-order valence-electron chi connectivity index (χ1n) is 6.07. The molecule has 2 amide bonds. The van der Waals surface area contributed by atoms with Gasteiger partial charge < -0.3 is 9.64 Å². The van der Waals surface area contributed by atoms with Crippen molar-refractivity contribution in [2.24, 2.45) is 0 Å². The third-order valence-electron chi connectivity index (χ3n) is 2.38. The van der Waals surface area contributed by atoms with Crippen molar-refractivity contribution in [1.29, 1.82) is 0 Å². The molecule has 1 aromatic rings. The molecule has 1 N–H and O–H groups in total. The number of likely N-dealkylation sites (N-methyl/N-ethyl adjacent to an activating group) is 1. The number of carbonyl (C=O) groups is 1. The quantitative estimate of drug-likeness (QED) is 0.798. The Labute approximate surface area is 113 Å². The number of anilines is 1. The molecule has 0 aliphatic carbocycles. The van der Waals surface area contributed by atoms with Gasteiger partial charge in [-0.05, 0) is 13.8 Å². The van der Waals surface area contributed by atoms with E-state index >= 15 is 0 Å². The van der Waals surface area contributed by atoms with E-state index in [2.05, 4.69) is 21.9 Å². The van der Waals surface area contributed by atoms with Crippen LogP contribution in [0, 0.1) is 0 Å². The van der Waals surface area contributed by atoms with Crippen molar-refractivity contribution in [1.82, 2.24) is 14.9 Å². The zero-order valence-electron chi connectivity index (χ0n) is 11.6. The summed E-state index contributed by atoms with van der Waals surface area (Å²) in [6, 6.07) is 1.49. The number of nitrogens with zero attached hydrogens (tertiary/aromatic N) is 3. The number of rotatable bonds is 6. The van der Waals surface area contributed by atoms with E-state index in [4.69, 9.17) is 4.74 Å². The van der Waals surface area contributed by atoms with Gasteiger partial charge in [0, 0.05) is 26.3 Å². The first-order valence-corrected chi connectivity index (χ1v) is 6.07. The Bertz CT molecular complexity index is 448. The lowest BCUT2D eigenvalue weighted by Crippen LogP contribution is -2.36. The van der Waals surface area contributed by atoms with Crippen LogP contribution < -0.4 is 5.32 Å². The molecule has 0 radical (unpaired) electrons. The van der Waals surface area contributed by atoms with Gasteiger partial charge in [-0.1, -0.05) is 12.2 Å². The van der Waals surface area contributed by atoms with Crippen LogP contribution in [-0.4, -0.2) is 41.1 Å². The van der Waals surface area contributed by atoms with Crippen LogP contribution in [0.1, 0.15) is 19.5 Å². The van der Waals surface area contributed by atoms with E-state index in [-0.39, 0.29) is 6.03 Å². The van der Waals surface area contributed by atoms with Crippen molar-refractivity contribution in [3.05, 3.63) is 30.2 Å². The highest BCUT2D eigenvalue weighted by atomic mass is 16.5. The van der Waals surface area contributed by atoms with Crippen molar-refractivity contribution in [2.75, 3.05) is 25.5 Å². The summed E-state index contributed by atoms with van der Waals surface area (Å²) < 4.78 is 4.98. The summed E-state index contributed by atoms with van der Waals surface area (Å²) in [5, 5.41) is 2.74. The van der Waals surface area contributed by atoms with Crippen LogP contribution in [-0.2, 0) is 11.3 Å². The molecule has 0 atom stereocenters. The fourth-order valence-corrected chi connectivity index (χ4v) is 1.53. The van der Waals surface area contributed by atoms with E-state index in [0.717, 1.165) is 11.3 Å². The predicted octanol–water partition coefficient (Wildman–Crippen LogP) is 2.05. The summed E-state index contributed by atoms with van der Waals surface area (Å²) in [4.78, 5) is 21.7. The van der Waals surface area contributed by atoms with Crippen molar-refractivity contribution in [3.63, 3.8) is 0 Å². The van der Waals surface area contributed by atoms with Gasteiger partial charge >= 0.3 is 6.03 Å². The van der Waals surface area contributed by atoms with Gasteiger partial charge in [0.1, 0.15) is 12.1 Å².